The maximum Gasteiger partial charge on any atom is 0.323 e. The predicted molar refractivity (Wildman–Crippen MR) is 175 cm³/mol. The Hall–Kier alpha value is -4.33. The second-order valence-corrected chi connectivity index (χ2v) is 12.5. The normalized spacial score (nSPS) is 19.8. The van der Waals surface area contributed by atoms with Crippen LogP contribution in [-0.2, 0) is 27.3 Å². The fourth-order valence-electron chi connectivity index (χ4n) is 6.76. The Morgan fingerprint density at radius 2 is 1.58 bits per heavy atom. The van der Waals surface area contributed by atoms with Crippen molar-refractivity contribution in [3.8, 4) is 11.4 Å². The molecule has 2 aliphatic carbocycles. The summed E-state index contributed by atoms with van der Waals surface area (Å²) in [6.45, 7) is 1.70. The van der Waals surface area contributed by atoms with Crippen molar-refractivity contribution in [3.63, 3.8) is 0 Å². The number of nitrogens with zero attached hydrogens (tertiary/aromatic N) is 3. The third-order valence-electron chi connectivity index (χ3n) is 9.52. The van der Waals surface area contributed by atoms with Gasteiger partial charge < -0.3 is 15.3 Å². The number of benzene rings is 2. The summed E-state index contributed by atoms with van der Waals surface area (Å²) < 4.78 is 0. The molecule has 45 heavy (non-hydrogen) atoms. The van der Waals surface area contributed by atoms with Gasteiger partial charge in [-0.3, -0.25) is 14.4 Å². The average Bonchev–Trinajstić information content (AvgIpc) is 3.08. The number of rotatable bonds is 12. The van der Waals surface area contributed by atoms with Crippen LogP contribution in [0.15, 0.2) is 73.1 Å². The fourth-order valence-corrected chi connectivity index (χ4v) is 6.76. The summed E-state index contributed by atoms with van der Waals surface area (Å²) in [6, 6.07) is 16.7. The van der Waals surface area contributed by atoms with Crippen molar-refractivity contribution < 1.29 is 19.5 Å². The van der Waals surface area contributed by atoms with Crippen molar-refractivity contribution in [1.29, 1.82) is 0 Å². The third kappa shape index (κ3) is 9.10. The van der Waals surface area contributed by atoms with Crippen LogP contribution < -0.4 is 5.32 Å². The lowest BCUT2D eigenvalue weighted by atomic mass is 9.71. The van der Waals surface area contributed by atoms with Gasteiger partial charge in [-0.05, 0) is 66.6 Å². The summed E-state index contributed by atoms with van der Waals surface area (Å²) in [7, 11) is 0. The van der Waals surface area contributed by atoms with Crippen molar-refractivity contribution in [2.75, 3.05) is 13.1 Å². The number of aliphatic carboxylic acids is 1. The minimum atomic E-state index is -1.12. The van der Waals surface area contributed by atoms with Gasteiger partial charge in [-0.25, -0.2) is 9.97 Å². The third-order valence-corrected chi connectivity index (χ3v) is 9.52. The first-order valence-corrected chi connectivity index (χ1v) is 16.3. The van der Waals surface area contributed by atoms with Crippen LogP contribution in [0.1, 0.15) is 75.0 Å². The first kappa shape index (κ1) is 32.1. The van der Waals surface area contributed by atoms with Gasteiger partial charge in [0, 0.05) is 30.1 Å². The first-order chi connectivity index (χ1) is 21.9. The molecule has 2 aliphatic rings. The molecule has 1 heterocycles. The minimum absolute atomic E-state index is 0.106. The number of carboxylic acids is 1. The van der Waals surface area contributed by atoms with E-state index in [2.05, 4.69) is 28.3 Å². The highest BCUT2D eigenvalue weighted by Crippen LogP contribution is 2.41. The monoisotopic (exact) mass is 608 g/mol. The maximum atomic E-state index is 12.8. The number of carbonyl (C=O) groups is 3. The van der Waals surface area contributed by atoms with Gasteiger partial charge in [0.15, 0.2) is 5.82 Å². The maximum absolute atomic E-state index is 12.8. The average molecular weight is 609 g/mol. The molecule has 3 aromatic rings. The van der Waals surface area contributed by atoms with E-state index < -0.39 is 18.4 Å². The largest absolute Gasteiger partial charge is 0.480 e. The van der Waals surface area contributed by atoms with Crippen molar-refractivity contribution in [3.05, 3.63) is 89.8 Å². The van der Waals surface area contributed by atoms with E-state index >= 15 is 0 Å². The van der Waals surface area contributed by atoms with E-state index in [1.807, 2.05) is 67.0 Å². The van der Waals surface area contributed by atoms with E-state index in [0.717, 1.165) is 52.8 Å². The second-order valence-electron chi connectivity index (χ2n) is 12.5. The van der Waals surface area contributed by atoms with Crippen LogP contribution in [0.3, 0.4) is 0 Å². The van der Waals surface area contributed by atoms with E-state index in [1.165, 1.54) is 49.0 Å². The summed E-state index contributed by atoms with van der Waals surface area (Å²) in [4.78, 5) is 47.1. The zero-order valence-electron chi connectivity index (χ0n) is 26.2. The van der Waals surface area contributed by atoms with E-state index in [1.54, 1.807) is 0 Å². The molecule has 2 aromatic carbocycles. The molecule has 236 valence electrons. The summed E-state index contributed by atoms with van der Waals surface area (Å²) >= 11 is 0. The molecule has 8 nitrogen and oxygen atoms in total. The van der Waals surface area contributed by atoms with E-state index in [4.69, 9.17) is 0 Å². The number of carbonyl (C=O) groups excluding carboxylic acids is 2. The lowest BCUT2D eigenvalue weighted by Crippen LogP contribution is -2.42. The van der Waals surface area contributed by atoms with Gasteiger partial charge in [-0.15, -0.1) is 0 Å². The molecule has 0 bridgehead atoms. The molecule has 8 heteroatoms. The molecule has 1 fully saturated rings. The van der Waals surface area contributed by atoms with Crippen molar-refractivity contribution in [2.45, 2.75) is 71.3 Å². The molecule has 1 saturated carbocycles. The zero-order chi connectivity index (χ0) is 31.6. The van der Waals surface area contributed by atoms with Gasteiger partial charge in [0.25, 0.3) is 0 Å². The number of aromatic nitrogens is 2. The van der Waals surface area contributed by atoms with Gasteiger partial charge in [0.2, 0.25) is 11.8 Å². The molecule has 0 saturated heterocycles. The highest BCUT2D eigenvalue weighted by atomic mass is 16.4. The van der Waals surface area contributed by atoms with E-state index in [9.17, 15) is 19.5 Å². The van der Waals surface area contributed by atoms with Gasteiger partial charge in [-0.2, -0.15) is 0 Å². The quantitative estimate of drug-likeness (QED) is 0.249. The molecular weight excluding hydrogens is 564 g/mol. The van der Waals surface area contributed by atoms with Crippen molar-refractivity contribution in [2.24, 2.45) is 17.8 Å². The summed E-state index contributed by atoms with van der Waals surface area (Å²) in [5.41, 5.74) is 4.88. The first-order valence-electron chi connectivity index (χ1n) is 16.3. The Bertz CT molecular complexity index is 1460. The number of hydrogen-bond donors (Lipinski definition) is 2. The van der Waals surface area contributed by atoms with Crippen molar-refractivity contribution >= 4 is 23.4 Å². The van der Waals surface area contributed by atoms with Crippen molar-refractivity contribution in [1.82, 2.24) is 20.2 Å². The van der Waals surface area contributed by atoms with Crippen LogP contribution in [0, 0.1) is 17.8 Å². The number of hydrogen-bond acceptors (Lipinski definition) is 5. The summed E-state index contributed by atoms with van der Waals surface area (Å²) in [5.74, 6) is 1.37. The standard InChI is InChI=1S/C37H44N4O4/c1-2-26-8-12-29(13-9-26)30-16-18-31(19-17-30)33-21-39-37(40-22-33)32-14-10-28(11-15-32)24-41(25-36(44)45)35(43)23-38-34(42)20-27-6-4-3-5-7-27/h3-7,10-11,14-15,18,21-22,26,29-30H,2,8-9,12-13,16-17,19-20,23-25H2,1H3,(H,38,42)(H,44,45). The predicted octanol–water partition coefficient (Wildman–Crippen LogP) is 6.32. The molecule has 0 radical (unpaired) electrons. The Kier molecular flexibility index (Phi) is 11.1. The fraction of sp³-hybridized carbons (Fsp3) is 0.432. The highest BCUT2D eigenvalue weighted by molar-refractivity contribution is 5.87. The van der Waals surface area contributed by atoms with Crippen LogP contribution in [0.4, 0.5) is 0 Å². The number of allylic oxidation sites excluding steroid dienone is 2. The summed E-state index contributed by atoms with van der Waals surface area (Å²) in [5, 5.41) is 12.0. The summed E-state index contributed by atoms with van der Waals surface area (Å²) in [6.07, 6.45) is 16.8. The van der Waals surface area contributed by atoms with Gasteiger partial charge in [0.1, 0.15) is 6.54 Å². The number of amides is 2. The Labute approximate surface area is 266 Å². The SMILES string of the molecule is CCC1CCC(C2CC=C(c3cnc(-c4ccc(CN(CC(=O)O)C(=O)CNC(=O)Cc5ccccc5)cc4)nc3)CC2)CC1. The molecule has 1 aromatic heterocycles. The Morgan fingerprint density at radius 3 is 2.20 bits per heavy atom. The smallest absolute Gasteiger partial charge is 0.323 e. The van der Waals surface area contributed by atoms with Crippen LogP contribution in [-0.4, -0.2) is 50.8 Å². The van der Waals surface area contributed by atoms with Crippen LogP contribution in [0.25, 0.3) is 17.0 Å². The molecule has 1 unspecified atom stereocenters. The van der Waals surface area contributed by atoms with Gasteiger partial charge in [-0.1, -0.05) is 86.9 Å². The molecular formula is C37H44N4O4. The zero-order valence-corrected chi connectivity index (χ0v) is 26.2. The van der Waals surface area contributed by atoms with Crippen LogP contribution in [0.5, 0.6) is 0 Å². The lowest BCUT2D eigenvalue weighted by Gasteiger charge is -2.35. The molecule has 2 N–H and O–H groups in total. The molecule has 0 aliphatic heterocycles. The van der Waals surface area contributed by atoms with Crippen LogP contribution in [0.2, 0.25) is 0 Å². The highest BCUT2D eigenvalue weighted by Gasteiger charge is 2.28. The lowest BCUT2D eigenvalue weighted by molar-refractivity contribution is -0.144. The molecule has 5 rings (SSSR count). The minimum Gasteiger partial charge on any atom is -0.480 e. The van der Waals surface area contributed by atoms with E-state index in [0.29, 0.717) is 5.82 Å². The molecule has 2 amide bonds. The molecule has 0 spiro atoms. The number of nitrogens with one attached hydrogen (secondary N) is 1. The topological polar surface area (TPSA) is 112 Å². The van der Waals surface area contributed by atoms with Gasteiger partial charge in [0.05, 0.1) is 13.0 Å². The second kappa shape index (κ2) is 15.6. The van der Waals surface area contributed by atoms with Gasteiger partial charge >= 0.3 is 5.97 Å². The van der Waals surface area contributed by atoms with E-state index in [-0.39, 0.29) is 25.4 Å². The Balaban J connectivity index is 1.14. The Morgan fingerprint density at radius 1 is 0.867 bits per heavy atom. The molecule has 1 atom stereocenters. The van der Waals surface area contributed by atoms with Crippen LogP contribution >= 0.6 is 0 Å². The number of carboxylic acid groups (broad SMARTS) is 1.